The van der Waals surface area contributed by atoms with Gasteiger partial charge in [-0.2, -0.15) is 0 Å². The summed E-state index contributed by atoms with van der Waals surface area (Å²) in [5.41, 5.74) is 9.36. The number of rotatable bonds is 1. The van der Waals surface area contributed by atoms with Crippen molar-refractivity contribution in [3.05, 3.63) is 28.9 Å². The van der Waals surface area contributed by atoms with E-state index in [0.29, 0.717) is 6.04 Å². The Morgan fingerprint density at radius 3 is 2.95 bits per heavy atom. The Labute approximate surface area is 133 Å². The Hall–Kier alpha value is -1.29. The number of nitrogen functional groups attached to an aromatic ring is 1. The van der Waals surface area contributed by atoms with Crippen molar-refractivity contribution in [1.82, 2.24) is 4.98 Å². The van der Waals surface area contributed by atoms with Gasteiger partial charge >= 0.3 is 0 Å². The highest BCUT2D eigenvalue weighted by atomic mass is 79.9. The molecule has 2 atom stereocenters. The SMILES string of the molecule is Nc1cnc2ccc(Br)cc2c1N1CCC2CCCCC21. The molecule has 1 aromatic carbocycles. The van der Waals surface area contributed by atoms with E-state index in [9.17, 15) is 0 Å². The Bertz CT molecular complexity index is 680. The Morgan fingerprint density at radius 2 is 2.05 bits per heavy atom. The van der Waals surface area contributed by atoms with E-state index in [2.05, 4.69) is 37.9 Å². The molecule has 21 heavy (non-hydrogen) atoms. The lowest BCUT2D eigenvalue weighted by atomic mass is 9.85. The Kier molecular flexibility index (Phi) is 3.29. The van der Waals surface area contributed by atoms with Crippen LogP contribution in [0, 0.1) is 5.92 Å². The van der Waals surface area contributed by atoms with Crippen molar-refractivity contribution in [3.63, 3.8) is 0 Å². The maximum Gasteiger partial charge on any atom is 0.0745 e. The van der Waals surface area contributed by atoms with E-state index < -0.39 is 0 Å². The van der Waals surface area contributed by atoms with E-state index >= 15 is 0 Å². The first-order valence-electron chi connectivity index (χ1n) is 7.84. The summed E-state index contributed by atoms with van der Waals surface area (Å²) in [6.45, 7) is 1.13. The molecule has 1 aliphatic carbocycles. The summed E-state index contributed by atoms with van der Waals surface area (Å²) in [5.74, 6) is 0.855. The molecule has 1 aliphatic heterocycles. The summed E-state index contributed by atoms with van der Waals surface area (Å²) in [7, 11) is 0. The second kappa shape index (κ2) is 5.16. The van der Waals surface area contributed by atoms with Crippen LogP contribution >= 0.6 is 15.9 Å². The average molecular weight is 346 g/mol. The number of pyridine rings is 1. The number of anilines is 2. The second-order valence-corrected chi connectivity index (χ2v) is 7.23. The molecule has 2 aliphatic rings. The van der Waals surface area contributed by atoms with Crippen LogP contribution in [-0.2, 0) is 0 Å². The molecular weight excluding hydrogens is 326 g/mol. The van der Waals surface area contributed by atoms with Crippen molar-refractivity contribution >= 4 is 38.2 Å². The lowest BCUT2D eigenvalue weighted by Crippen LogP contribution is -2.35. The molecule has 0 spiro atoms. The van der Waals surface area contributed by atoms with Gasteiger partial charge in [0.2, 0.25) is 0 Å². The van der Waals surface area contributed by atoms with Gasteiger partial charge in [-0.15, -0.1) is 0 Å². The van der Waals surface area contributed by atoms with Crippen molar-refractivity contribution in [1.29, 1.82) is 0 Å². The number of hydrogen-bond acceptors (Lipinski definition) is 3. The van der Waals surface area contributed by atoms with Crippen molar-refractivity contribution in [3.8, 4) is 0 Å². The van der Waals surface area contributed by atoms with E-state index in [1.54, 1.807) is 0 Å². The highest BCUT2D eigenvalue weighted by molar-refractivity contribution is 9.10. The first kappa shape index (κ1) is 13.4. The first-order valence-corrected chi connectivity index (χ1v) is 8.64. The molecule has 1 aromatic heterocycles. The van der Waals surface area contributed by atoms with Crippen LogP contribution in [0.2, 0.25) is 0 Å². The lowest BCUT2D eigenvalue weighted by Gasteiger charge is -2.34. The van der Waals surface area contributed by atoms with Gasteiger partial charge in [-0.05, 0) is 43.4 Å². The molecule has 1 saturated carbocycles. The van der Waals surface area contributed by atoms with Gasteiger partial charge in [0.05, 0.1) is 23.1 Å². The van der Waals surface area contributed by atoms with E-state index in [1.165, 1.54) is 43.2 Å². The van der Waals surface area contributed by atoms with Gasteiger partial charge in [0, 0.05) is 22.4 Å². The molecule has 1 saturated heterocycles. The van der Waals surface area contributed by atoms with E-state index in [1.807, 2.05) is 12.3 Å². The molecule has 2 N–H and O–H groups in total. The van der Waals surface area contributed by atoms with Gasteiger partial charge in [0.25, 0.3) is 0 Å². The fourth-order valence-electron chi connectivity index (χ4n) is 4.17. The summed E-state index contributed by atoms with van der Waals surface area (Å²) in [6, 6.07) is 6.94. The predicted molar refractivity (Wildman–Crippen MR) is 91.6 cm³/mol. The summed E-state index contributed by atoms with van der Waals surface area (Å²) < 4.78 is 1.09. The largest absolute Gasteiger partial charge is 0.396 e. The van der Waals surface area contributed by atoms with Gasteiger partial charge in [0.1, 0.15) is 0 Å². The molecule has 2 heterocycles. The standard InChI is InChI=1S/C17H20BrN3/c18-12-5-6-15-13(9-12)17(14(19)10-20-15)21-8-7-11-3-1-2-4-16(11)21/h5-6,9-11,16H,1-4,7-8,19H2. The molecular formula is C17H20BrN3. The topological polar surface area (TPSA) is 42.1 Å². The average Bonchev–Trinajstić information content (AvgIpc) is 2.91. The minimum absolute atomic E-state index is 0.672. The van der Waals surface area contributed by atoms with Gasteiger partial charge < -0.3 is 10.6 Å². The maximum atomic E-state index is 6.32. The number of nitrogens with two attached hydrogens (primary N) is 1. The third-order valence-corrected chi connectivity index (χ3v) is 5.62. The number of fused-ring (bicyclic) bond motifs is 2. The van der Waals surface area contributed by atoms with Gasteiger partial charge in [-0.25, -0.2) is 0 Å². The highest BCUT2D eigenvalue weighted by Crippen LogP contribution is 2.43. The van der Waals surface area contributed by atoms with Crippen LogP contribution in [0.25, 0.3) is 10.9 Å². The second-order valence-electron chi connectivity index (χ2n) is 6.32. The van der Waals surface area contributed by atoms with Crippen LogP contribution in [0.15, 0.2) is 28.9 Å². The van der Waals surface area contributed by atoms with Crippen molar-refractivity contribution in [2.75, 3.05) is 17.2 Å². The molecule has 0 amide bonds. The number of halogens is 1. The lowest BCUT2D eigenvalue weighted by molar-refractivity contribution is 0.342. The molecule has 4 heteroatoms. The number of aromatic nitrogens is 1. The third-order valence-electron chi connectivity index (χ3n) is 5.13. The maximum absolute atomic E-state index is 6.32. The smallest absolute Gasteiger partial charge is 0.0745 e. The molecule has 0 radical (unpaired) electrons. The zero-order valence-electron chi connectivity index (χ0n) is 12.1. The fourth-order valence-corrected chi connectivity index (χ4v) is 4.53. The van der Waals surface area contributed by atoms with Crippen molar-refractivity contribution < 1.29 is 0 Å². The zero-order valence-corrected chi connectivity index (χ0v) is 13.6. The summed E-state index contributed by atoms with van der Waals surface area (Å²) in [4.78, 5) is 7.05. The number of nitrogens with zero attached hydrogens (tertiary/aromatic N) is 2. The van der Waals surface area contributed by atoms with Gasteiger partial charge in [-0.1, -0.05) is 28.8 Å². The fraction of sp³-hybridized carbons (Fsp3) is 0.471. The Balaban J connectivity index is 1.85. The minimum Gasteiger partial charge on any atom is -0.396 e. The molecule has 0 bridgehead atoms. The molecule has 110 valence electrons. The Morgan fingerprint density at radius 1 is 1.19 bits per heavy atom. The van der Waals surface area contributed by atoms with Gasteiger partial charge in [-0.3, -0.25) is 4.98 Å². The van der Waals surface area contributed by atoms with Crippen LogP contribution < -0.4 is 10.6 Å². The quantitative estimate of drug-likeness (QED) is 0.835. The van der Waals surface area contributed by atoms with Crippen LogP contribution in [0.3, 0.4) is 0 Å². The molecule has 3 nitrogen and oxygen atoms in total. The van der Waals surface area contributed by atoms with E-state index in [-0.39, 0.29) is 0 Å². The summed E-state index contributed by atoms with van der Waals surface area (Å²) in [6.07, 6.45) is 8.57. The summed E-state index contributed by atoms with van der Waals surface area (Å²) in [5, 5.41) is 1.18. The summed E-state index contributed by atoms with van der Waals surface area (Å²) >= 11 is 3.58. The van der Waals surface area contributed by atoms with E-state index in [0.717, 1.165) is 28.1 Å². The minimum atomic E-state index is 0.672. The van der Waals surface area contributed by atoms with Crippen LogP contribution in [0.5, 0.6) is 0 Å². The van der Waals surface area contributed by atoms with Crippen molar-refractivity contribution in [2.45, 2.75) is 38.1 Å². The molecule has 2 fully saturated rings. The molecule has 4 rings (SSSR count). The highest BCUT2D eigenvalue weighted by Gasteiger charge is 2.37. The number of benzene rings is 1. The first-order chi connectivity index (χ1) is 10.2. The van der Waals surface area contributed by atoms with Crippen molar-refractivity contribution in [2.24, 2.45) is 5.92 Å². The normalized spacial score (nSPS) is 25.3. The molecule has 2 aromatic rings. The van der Waals surface area contributed by atoms with Crippen LogP contribution in [-0.4, -0.2) is 17.6 Å². The third kappa shape index (κ3) is 2.20. The number of hydrogen-bond donors (Lipinski definition) is 1. The zero-order chi connectivity index (χ0) is 14.4. The monoisotopic (exact) mass is 345 g/mol. The van der Waals surface area contributed by atoms with Crippen LogP contribution in [0.1, 0.15) is 32.1 Å². The van der Waals surface area contributed by atoms with Crippen LogP contribution in [0.4, 0.5) is 11.4 Å². The predicted octanol–water partition coefficient (Wildman–Crippen LogP) is 4.35. The molecule has 2 unspecified atom stereocenters. The van der Waals surface area contributed by atoms with Gasteiger partial charge in [0.15, 0.2) is 0 Å². The van der Waals surface area contributed by atoms with E-state index in [4.69, 9.17) is 5.73 Å².